The van der Waals surface area contributed by atoms with Gasteiger partial charge in [-0.15, -0.1) is 0 Å². The van der Waals surface area contributed by atoms with Crippen molar-refractivity contribution in [2.75, 3.05) is 13.2 Å². The highest BCUT2D eigenvalue weighted by atomic mass is 16.7. The predicted molar refractivity (Wildman–Crippen MR) is 73.2 cm³/mol. The minimum absolute atomic E-state index is 0.0355. The maximum Gasteiger partial charge on any atom is 0.407 e. The van der Waals surface area contributed by atoms with E-state index in [1.807, 2.05) is 0 Å². The van der Waals surface area contributed by atoms with E-state index >= 15 is 0 Å². The van der Waals surface area contributed by atoms with Gasteiger partial charge in [0.15, 0.2) is 6.29 Å². The monoisotopic (exact) mass is 283 g/mol. The molecule has 0 aromatic heterocycles. The summed E-state index contributed by atoms with van der Waals surface area (Å²) in [4.78, 5) is 12.1. The van der Waals surface area contributed by atoms with E-state index in [2.05, 4.69) is 19.2 Å². The third-order valence-electron chi connectivity index (χ3n) is 4.98. The summed E-state index contributed by atoms with van der Waals surface area (Å²) in [5.41, 5.74) is 0. The van der Waals surface area contributed by atoms with E-state index in [0.717, 1.165) is 25.7 Å². The van der Waals surface area contributed by atoms with Gasteiger partial charge < -0.3 is 19.5 Å². The van der Waals surface area contributed by atoms with E-state index in [9.17, 15) is 4.79 Å². The van der Waals surface area contributed by atoms with E-state index in [1.165, 1.54) is 0 Å². The fourth-order valence-corrected chi connectivity index (χ4v) is 3.90. The summed E-state index contributed by atoms with van der Waals surface area (Å²) in [6.45, 7) is 5.53. The van der Waals surface area contributed by atoms with Crippen molar-refractivity contribution in [3.8, 4) is 0 Å². The molecule has 1 N–H and O–H groups in total. The average molecular weight is 283 g/mol. The second-order valence-electron chi connectivity index (χ2n) is 6.27. The molecule has 5 nitrogen and oxygen atoms in total. The summed E-state index contributed by atoms with van der Waals surface area (Å²) in [5.74, 6) is 1.09. The van der Waals surface area contributed by atoms with Crippen molar-refractivity contribution in [1.82, 2.24) is 5.32 Å². The van der Waals surface area contributed by atoms with E-state index in [1.54, 1.807) is 0 Å². The fraction of sp³-hybridized carbons (Fsp3) is 0.933. The van der Waals surface area contributed by atoms with Crippen LogP contribution < -0.4 is 5.32 Å². The Hall–Kier alpha value is -0.810. The van der Waals surface area contributed by atoms with Crippen molar-refractivity contribution in [3.05, 3.63) is 0 Å². The lowest BCUT2D eigenvalue weighted by Gasteiger charge is -2.28. The lowest BCUT2D eigenvalue weighted by molar-refractivity contribution is -0.169. The summed E-state index contributed by atoms with van der Waals surface area (Å²) in [6.07, 6.45) is 3.71. The zero-order valence-electron chi connectivity index (χ0n) is 12.3. The van der Waals surface area contributed by atoms with E-state index in [-0.39, 0.29) is 24.5 Å². The molecule has 0 aromatic carbocycles. The van der Waals surface area contributed by atoms with Crippen LogP contribution >= 0.6 is 0 Å². The Morgan fingerprint density at radius 1 is 1.30 bits per heavy atom. The molecule has 3 fully saturated rings. The molecule has 2 aliphatic heterocycles. The van der Waals surface area contributed by atoms with Gasteiger partial charge in [0.1, 0.15) is 6.10 Å². The number of rotatable bonds is 5. The Labute approximate surface area is 120 Å². The topological polar surface area (TPSA) is 56.8 Å². The summed E-state index contributed by atoms with van der Waals surface area (Å²) in [7, 11) is 0. The van der Waals surface area contributed by atoms with Crippen molar-refractivity contribution < 1.29 is 19.0 Å². The van der Waals surface area contributed by atoms with E-state index in [4.69, 9.17) is 14.2 Å². The molecule has 0 radical (unpaired) electrons. The summed E-state index contributed by atoms with van der Waals surface area (Å²) in [6, 6.07) is 0.220. The zero-order chi connectivity index (χ0) is 14.1. The van der Waals surface area contributed by atoms with Crippen LogP contribution in [0, 0.1) is 17.8 Å². The Kier molecular flexibility index (Phi) is 4.17. The van der Waals surface area contributed by atoms with Crippen molar-refractivity contribution in [1.29, 1.82) is 0 Å². The first-order chi connectivity index (χ1) is 9.72. The van der Waals surface area contributed by atoms with Crippen molar-refractivity contribution in [3.63, 3.8) is 0 Å². The number of amides is 1. The Morgan fingerprint density at radius 3 is 2.85 bits per heavy atom. The average Bonchev–Trinajstić information content (AvgIpc) is 2.96. The quantitative estimate of drug-likeness (QED) is 0.841. The van der Waals surface area contributed by atoms with Crippen LogP contribution in [0.5, 0.6) is 0 Å². The van der Waals surface area contributed by atoms with Crippen LogP contribution in [0.1, 0.15) is 39.5 Å². The molecular weight excluding hydrogens is 258 g/mol. The molecule has 1 saturated carbocycles. The number of nitrogens with one attached hydrogen (secondary N) is 1. The Bertz CT molecular complexity index is 362. The molecule has 114 valence electrons. The van der Waals surface area contributed by atoms with Gasteiger partial charge in [0.2, 0.25) is 0 Å². The summed E-state index contributed by atoms with van der Waals surface area (Å²) >= 11 is 0. The first-order valence-electron chi connectivity index (χ1n) is 7.93. The number of hydrogen-bond donors (Lipinski definition) is 1. The van der Waals surface area contributed by atoms with Gasteiger partial charge in [-0.05, 0) is 19.3 Å². The summed E-state index contributed by atoms with van der Waals surface area (Å²) in [5, 5.41) is 2.99. The van der Waals surface area contributed by atoms with Gasteiger partial charge in [-0.2, -0.15) is 0 Å². The molecule has 2 bridgehead atoms. The van der Waals surface area contributed by atoms with E-state index < -0.39 is 0 Å². The van der Waals surface area contributed by atoms with Gasteiger partial charge in [-0.25, -0.2) is 4.79 Å². The molecule has 5 heteroatoms. The third kappa shape index (κ3) is 2.53. The molecule has 1 aliphatic carbocycles. The molecule has 2 saturated heterocycles. The highest BCUT2D eigenvalue weighted by Crippen LogP contribution is 2.49. The SMILES string of the molecule is CCCC(CC)NC(=O)OC1C2COC3OCC1C3C2. The molecule has 6 unspecified atom stereocenters. The van der Waals surface area contributed by atoms with E-state index in [0.29, 0.717) is 31.0 Å². The van der Waals surface area contributed by atoms with Crippen molar-refractivity contribution >= 4 is 6.09 Å². The molecule has 1 amide bonds. The third-order valence-corrected chi connectivity index (χ3v) is 4.98. The molecule has 6 atom stereocenters. The molecular formula is C15H25NO4. The number of carbonyl (C=O) groups is 1. The second kappa shape index (κ2) is 5.90. The predicted octanol–water partition coefficient (Wildman–Crippen LogP) is 2.30. The molecule has 3 aliphatic rings. The molecule has 0 aromatic rings. The highest BCUT2D eigenvalue weighted by Gasteiger charge is 2.56. The van der Waals surface area contributed by atoms with Gasteiger partial charge in [0.25, 0.3) is 0 Å². The molecule has 20 heavy (non-hydrogen) atoms. The number of ether oxygens (including phenoxy) is 3. The fourth-order valence-electron chi connectivity index (χ4n) is 3.90. The lowest BCUT2D eigenvalue weighted by Crippen LogP contribution is -2.40. The van der Waals surface area contributed by atoms with Crippen LogP contribution in [0.4, 0.5) is 4.79 Å². The highest BCUT2D eigenvalue weighted by molar-refractivity contribution is 5.67. The molecule has 3 rings (SSSR count). The molecule has 2 heterocycles. The normalized spacial score (nSPS) is 39.6. The maximum atomic E-state index is 12.1. The largest absolute Gasteiger partial charge is 0.445 e. The van der Waals surface area contributed by atoms with Crippen LogP contribution in [0.2, 0.25) is 0 Å². The van der Waals surface area contributed by atoms with Gasteiger partial charge >= 0.3 is 6.09 Å². The first-order valence-corrected chi connectivity index (χ1v) is 7.93. The maximum absolute atomic E-state index is 12.1. The number of carbonyl (C=O) groups excluding carboxylic acids is 1. The number of fused-ring (bicyclic) bond motifs is 1. The molecule has 0 spiro atoms. The second-order valence-corrected chi connectivity index (χ2v) is 6.27. The van der Waals surface area contributed by atoms with Gasteiger partial charge in [-0.1, -0.05) is 20.3 Å². The van der Waals surface area contributed by atoms with Crippen LogP contribution in [0.15, 0.2) is 0 Å². The number of hydrogen-bond acceptors (Lipinski definition) is 4. The minimum Gasteiger partial charge on any atom is -0.445 e. The zero-order valence-corrected chi connectivity index (χ0v) is 12.3. The number of alkyl carbamates (subject to hydrolysis) is 1. The Morgan fingerprint density at radius 2 is 2.10 bits per heavy atom. The standard InChI is InChI=1S/C15H25NO4/c1-3-5-10(4-2)16-15(17)20-13-9-6-11-12(13)8-19-14(11)18-7-9/h9-14H,3-8H2,1-2H3,(H,16,17). The Balaban J connectivity index is 1.56. The van der Waals surface area contributed by atoms with Gasteiger partial charge in [0, 0.05) is 23.8 Å². The smallest absolute Gasteiger partial charge is 0.407 e. The van der Waals surface area contributed by atoms with Crippen LogP contribution in [0.25, 0.3) is 0 Å². The van der Waals surface area contributed by atoms with Crippen molar-refractivity contribution in [2.24, 2.45) is 17.8 Å². The lowest BCUT2D eigenvalue weighted by atomic mass is 9.98. The first kappa shape index (κ1) is 14.1. The van der Waals surface area contributed by atoms with Crippen LogP contribution in [-0.2, 0) is 14.2 Å². The van der Waals surface area contributed by atoms with Crippen molar-refractivity contribution in [2.45, 2.75) is 58.0 Å². The van der Waals surface area contributed by atoms with Crippen LogP contribution in [0.3, 0.4) is 0 Å². The van der Waals surface area contributed by atoms with Gasteiger partial charge in [-0.3, -0.25) is 0 Å². The minimum atomic E-state index is -0.272. The van der Waals surface area contributed by atoms with Gasteiger partial charge in [0.05, 0.1) is 13.2 Å². The summed E-state index contributed by atoms with van der Waals surface area (Å²) < 4.78 is 17.0. The van der Waals surface area contributed by atoms with Crippen LogP contribution in [-0.4, -0.2) is 37.7 Å².